The predicted octanol–water partition coefficient (Wildman–Crippen LogP) is 7.17. The molecule has 4 aromatic carbocycles. The van der Waals surface area contributed by atoms with Gasteiger partial charge in [-0.25, -0.2) is 0 Å². The van der Waals surface area contributed by atoms with Gasteiger partial charge in [0, 0.05) is 24.5 Å². The van der Waals surface area contributed by atoms with Crippen LogP contribution in [-0.4, -0.2) is 46.4 Å². The van der Waals surface area contributed by atoms with Gasteiger partial charge in [0.25, 0.3) is 0 Å². The van der Waals surface area contributed by atoms with E-state index in [9.17, 15) is 5.11 Å². The van der Waals surface area contributed by atoms with Gasteiger partial charge in [0.2, 0.25) is 0 Å². The van der Waals surface area contributed by atoms with Crippen molar-refractivity contribution in [3.63, 3.8) is 0 Å². The first kappa shape index (κ1) is 29.3. The number of hydrogen-bond acceptors (Lipinski definition) is 3. The number of nitrogens with one attached hydrogen (secondary N) is 2. The van der Waals surface area contributed by atoms with Gasteiger partial charge in [-0.1, -0.05) is 48.5 Å². The molecule has 0 bridgehead atoms. The van der Waals surface area contributed by atoms with Crippen LogP contribution in [0.4, 0.5) is 22.7 Å². The quantitative estimate of drug-likeness (QED) is 0.168. The Morgan fingerprint density at radius 1 is 0.525 bits per heavy atom. The van der Waals surface area contributed by atoms with Crippen LogP contribution in [0.1, 0.15) is 42.2 Å². The number of aliphatic hydroxyl groups excluding tert-OH is 1. The van der Waals surface area contributed by atoms with E-state index in [1.807, 2.05) is 48.5 Å². The summed E-state index contributed by atoms with van der Waals surface area (Å²) in [5, 5.41) is 18.0. The maximum absolute atomic E-state index is 11.0. The molecule has 0 aliphatic heterocycles. The number of rotatable bonds is 12. The van der Waals surface area contributed by atoms with E-state index in [-0.39, 0.29) is 0 Å². The minimum absolute atomic E-state index is 0.664. The Bertz CT molecular complexity index is 1240. The van der Waals surface area contributed by atoms with Gasteiger partial charge in [0.1, 0.15) is 17.5 Å². The molecular weight excluding hydrogens is 492 g/mol. The molecule has 210 valence electrons. The second kappa shape index (κ2) is 12.7. The zero-order valence-corrected chi connectivity index (χ0v) is 25.0. The SMILES string of the molecule is CC[N+](C)(C)c1ccc(CNc2ccc(C(O)c3ccc(NCc4ccc([N+](C)(C)CC)cc4)cc3)cc2)cc1. The third kappa shape index (κ3) is 7.30. The van der Waals surface area contributed by atoms with Crippen LogP contribution in [0.3, 0.4) is 0 Å². The lowest BCUT2D eigenvalue weighted by Gasteiger charge is -2.27. The Labute approximate surface area is 240 Å². The maximum atomic E-state index is 11.0. The van der Waals surface area contributed by atoms with E-state index in [2.05, 4.69) is 101 Å². The highest BCUT2D eigenvalue weighted by molar-refractivity contribution is 5.50. The minimum Gasteiger partial charge on any atom is -0.384 e. The standard InChI is InChI=1S/C35H46N4O/c1-7-38(3,4)33-21-9-27(10-22-33)25-36-31-17-13-29(14-18-31)35(40)30-15-19-32(20-16-30)37-26-28-11-23-34(24-12-28)39(5,6)8-2/h9-24,35-37,40H,7-8,25-26H2,1-6H3/q+2. The molecule has 4 aromatic rings. The van der Waals surface area contributed by atoms with Crippen molar-refractivity contribution in [2.24, 2.45) is 0 Å². The molecule has 0 heterocycles. The molecule has 0 spiro atoms. The number of benzene rings is 4. The number of anilines is 2. The van der Waals surface area contributed by atoms with Gasteiger partial charge in [0.15, 0.2) is 0 Å². The summed E-state index contributed by atoms with van der Waals surface area (Å²) in [7, 11) is 8.90. The van der Waals surface area contributed by atoms with Crippen LogP contribution in [-0.2, 0) is 13.1 Å². The van der Waals surface area contributed by atoms with Gasteiger partial charge in [-0.3, -0.25) is 8.97 Å². The average molecular weight is 539 g/mol. The molecule has 0 aliphatic carbocycles. The molecule has 5 nitrogen and oxygen atoms in total. The molecule has 0 aromatic heterocycles. The largest absolute Gasteiger partial charge is 0.384 e. The molecule has 0 amide bonds. The maximum Gasteiger partial charge on any atom is 0.132 e. The van der Waals surface area contributed by atoms with E-state index in [1.54, 1.807) is 0 Å². The van der Waals surface area contributed by atoms with E-state index in [0.717, 1.165) is 57.6 Å². The summed E-state index contributed by atoms with van der Waals surface area (Å²) in [5.41, 5.74) is 8.95. The predicted molar refractivity (Wildman–Crippen MR) is 173 cm³/mol. The van der Waals surface area contributed by atoms with E-state index >= 15 is 0 Å². The first-order chi connectivity index (χ1) is 19.1. The molecule has 5 heteroatoms. The molecule has 0 saturated heterocycles. The second-order valence-corrected chi connectivity index (χ2v) is 11.7. The van der Waals surface area contributed by atoms with Crippen LogP contribution in [0, 0.1) is 0 Å². The molecule has 0 fully saturated rings. The summed E-state index contributed by atoms with van der Waals surface area (Å²) in [4.78, 5) is 0. The molecule has 0 atom stereocenters. The summed E-state index contributed by atoms with van der Waals surface area (Å²) in [6.45, 7) is 8.05. The summed E-state index contributed by atoms with van der Waals surface area (Å²) >= 11 is 0. The number of aliphatic hydroxyl groups is 1. The van der Waals surface area contributed by atoms with Crippen molar-refractivity contribution >= 4 is 22.7 Å². The van der Waals surface area contributed by atoms with E-state index < -0.39 is 6.10 Å². The van der Waals surface area contributed by atoms with Gasteiger partial charge in [0.05, 0.1) is 41.3 Å². The van der Waals surface area contributed by atoms with Crippen molar-refractivity contribution in [1.82, 2.24) is 8.97 Å². The third-order valence-corrected chi connectivity index (χ3v) is 8.30. The first-order valence-electron chi connectivity index (χ1n) is 14.3. The summed E-state index contributed by atoms with van der Waals surface area (Å²) in [5.74, 6) is 0. The summed E-state index contributed by atoms with van der Waals surface area (Å²) in [6, 6.07) is 33.7. The topological polar surface area (TPSA) is 44.3 Å². The second-order valence-electron chi connectivity index (χ2n) is 11.7. The van der Waals surface area contributed by atoms with Crippen molar-refractivity contribution in [2.45, 2.75) is 33.0 Å². The molecule has 0 unspecified atom stereocenters. The molecule has 0 aliphatic rings. The van der Waals surface area contributed by atoms with Crippen molar-refractivity contribution in [2.75, 3.05) is 51.9 Å². The highest BCUT2D eigenvalue weighted by Crippen LogP contribution is 2.26. The highest BCUT2D eigenvalue weighted by Gasteiger charge is 2.16. The Kier molecular flexibility index (Phi) is 9.31. The van der Waals surface area contributed by atoms with Crippen LogP contribution in [0.25, 0.3) is 0 Å². The number of quaternary nitrogens is 2. The van der Waals surface area contributed by atoms with Gasteiger partial charge in [-0.15, -0.1) is 0 Å². The molecule has 40 heavy (non-hydrogen) atoms. The summed E-state index contributed by atoms with van der Waals surface area (Å²) < 4.78 is 1.76. The van der Waals surface area contributed by atoms with Gasteiger partial charge < -0.3 is 15.7 Å². The minimum atomic E-state index is -0.664. The lowest BCUT2D eigenvalue weighted by atomic mass is 10.0. The van der Waals surface area contributed by atoms with Crippen molar-refractivity contribution < 1.29 is 5.11 Å². The Balaban J connectivity index is 1.29. The average Bonchev–Trinajstić information content (AvgIpc) is 2.99. The lowest BCUT2D eigenvalue weighted by molar-refractivity contribution is 0.220. The fourth-order valence-corrected chi connectivity index (χ4v) is 4.57. The normalized spacial score (nSPS) is 12.0. The molecule has 0 radical (unpaired) electrons. The number of hydrogen-bond donors (Lipinski definition) is 3. The molecule has 4 rings (SSSR count). The van der Waals surface area contributed by atoms with Crippen LogP contribution >= 0.6 is 0 Å². The summed E-state index contributed by atoms with van der Waals surface area (Å²) in [6.07, 6.45) is -0.664. The number of nitrogens with zero attached hydrogens (tertiary/aromatic N) is 2. The Hall–Kier alpha value is -3.64. The van der Waals surface area contributed by atoms with Crippen molar-refractivity contribution in [1.29, 1.82) is 0 Å². The van der Waals surface area contributed by atoms with E-state index in [0.29, 0.717) is 0 Å². The monoisotopic (exact) mass is 538 g/mol. The Morgan fingerprint density at radius 3 is 1.15 bits per heavy atom. The van der Waals surface area contributed by atoms with Crippen LogP contribution < -0.4 is 19.6 Å². The van der Waals surface area contributed by atoms with Crippen molar-refractivity contribution in [3.05, 3.63) is 119 Å². The molecule has 0 saturated carbocycles. The third-order valence-electron chi connectivity index (χ3n) is 8.30. The van der Waals surface area contributed by atoms with Gasteiger partial charge in [-0.2, -0.15) is 0 Å². The molecular formula is C35H46N4O+2. The van der Waals surface area contributed by atoms with Crippen molar-refractivity contribution in [3.8, 4) is 0 Å². The Morgan fingerprint density at radius 2 is 0.850 bits per heavy atom. The highest BCUT2D eigenvalue weighted by atomic mass is 16.3. The smallest absolute Gasteiger partial charge is 0.132 e. The van der Waals surface area contributed by atoms with Crippen LogP contribution in [0.2, 0.25) is 0 Å². The molecule has 3 N–H and O–H groups in total. The van der Waals surface area contributed by atoms with E-state index in [1.165, 1.54) is 22.5 Å². The van der Waals surface area contributed by atoms with Gasteiger partial charge in [-0.05, 0) is 84.6 Å². The fraction of sp³-hybridized carbons (Fsp3) is 0.314. The van der Waals surface area contributed by atoms with E-state index in [4.69, 9.17) is 0 Å². The van der Waals surface area contributed by atoms with Gasteiger partial charge >= 0.3 is 0 Å². The zero-order chi connectivity index (χ0) is 28.8. The van der Waals surface area contributed by atoms with Crippen LogP contribution in [0.15, 0.2) is 97.1 Å². The first-order valence-corrected chi connectivity index (χ1v) is 14.3. The fourth-order valence-electron chi connectivity index (χ4n) is 4.57. The lowest BCUT2D eigenvalue weighted by Crippen LogP contribution is -2.39. The van der Waals surface area contributed by atoms with Crippen LogP contribution in [0.5, 0.6) is 0 Å². The zero-order valence-electron chi connectivity index (χ0n) is 25.0.